The molecule has 30 heavy (non-hydrogen) atoms. The SMILES string of the molecule is O=C(COC(=O)c1ccc(N2CCCC2)c([N+](=O)[O-])c1)NNC(=O)c1ccccc1. The molecule has 0 spiro atoms. The van der Waals surface area contributed by atoms with Crippen LogP contribution in [0.3, 0.4) is 0 Å². The van der Waals surface area contributed by atoms with Gasteiger partial charge in [0, 0.05) is 24.7 Å². The van der Waals surface area contributed by atoms with Crippen LogP contribution in [-0.2, 0) is 9.53 Å². The summed E-state index contributed by atoms with van der Waals surface area (Å²) < 4.78 is 4.89. The second-order valence-corrected chi connectivity index (χ2v) is 6.60. The second kappa shape index (κ2) is 9.50. The van der Waals surface area contributed by atoms with E-state index in [1.807, 2.05) is 4.90 Å². The predicted molar refractivity (Wildman–Crippen MR) is 107 cm³/mol. The zero-order chi connectivity index (χ0) is 21.5. The number of nitrogens with zero attached hydrogens (tertiary/aromatic N) is 2. The molecule has 10 heteroatoms. The van der Waals surface area contributed by atoms with Crippen molar-refractivity contribution in [1.29, 1.82) is 0 Å². The average Bonchev–Trinajstić information content (AvgIpc) is 3.30. The Morgan fingerprint density at radius 2 is 1.70 bits per heavy atom. The summed E-state index contributed by atoms with van der Waals surface area (Å²) in [7, 11) is 0. The van der Waals surface area contributed by atoms with Gasteiger partial charge in [-0.3, -0.25) is 30.6 Å². The monoisotopic (exact) mass is 412 g/mol. The molecule has 1 heterocycles. The summed E-state index contributed by atoms with van der Waals surface area (Å²) in [6.45, 7) is 0.786. The quantitative estimate of drug-likeness (QED) is 0.420. The number of nitrogens with one attached hydrogen (secondary N) is 2. The van der Waals surface area contributed by atoms with Gasteiger partial charge in [0.05, 0.1) is 10.5 Å². The van der Waals surface area contributed by atoms with Crippen molar-refractivity contribution in [2.75, 3.05) is 24.6 Å². The maximum absolute atomic E-state index is 12.2. The topological polar surface area (TPSA) is 131 Å². The molecule has 2 aromatic rings. The molecule has 0 bridgehead atoms. The first-order valence-corrected chi connectivity index (χ1v) is 9.30. The number of esters is 1. The van der Waals surface area contributed by atoms with Crippen LogP contribution in [0.2, 0.25) is 0 Å². The molecule has 156 valence electrons. The summed E-state index contributed by atoms with van der Waals surface area (Å²) in [5.74, 6) is -2.16. The van der Waals surface area contributed by atoms with Gasteiger partial charge in [-0.1, -0.05) is 18.2 Å². The maximum atomic E-state index is 12.2. The number of carbonyl (C=O) groups is 3. The molecule has 1 fully saturated rings. The summed E-state index contributed by atoms with van der Waals surface area (Å²) in [6.07, 6.45) is 1.91. The fourth-order valence-corrected chi connectivity index (χ4v) is 3.06. The molecular formula is C20H20N4O6. The minimum Gasteiger partial charge on any atom is -0.452 e. The van der Waals surface area contributed by atoms with Crippen molar-refractivity contribution in [3.63, 3.8) is 0 Å². The van der Waals surface area contributed by atoms with Crippen LogP contribution in [0.5, 0.6) is 0 Å². The number of nitro benzene ring substituents is 1. The highest BCUT2D eigenvalue weighted by Crippen LogP contribution is 2.31. The number of hydrogen-bond acceptors (Lipinski definition) is 7. The van der Waals surface area contributed by atoms with E-state index in [0.717, 1.165) is 32.0 Å². The first-order chi connectivity index (χ1) is 14.5. The van der Waals surface area contributed by atoms with Crippen LogP contribution in [0.25, 0.3) is 0 Å². The van der Waals surface area contributed by atoms with E-state index in [0.29, 0.717) is 11.3 Å². The van der Waals surface area contributed by atoms with Gasteiger partial charge in [-0.25, -0.2) is 4.79 Å². The molecule has 0 aromatic heterocycles. The smallest absolute Gasteiger partial charge is 0.338 e. The third-order valence-electron chi connectivity index (χ3n) is 4.54. The molecular weight excluding hydrogens is 392 g/mol. The Morgan fingerprint density at radius 1 is 1.00 bits per heavy atom. The van der Waals surface area contributed by atoms with Crippen molar-refractivity contribution in [1.82, 2.24) is 10.9 Å². The number of rotatable bonds is 6. The van der Waals surface area contributed by atoms with E-state index >= 15 is 0 Å². The molecule has 0 radical (unpaired) electrons. The normalized spacial score (nSPS) is 12.9. The summed E-state index contributed by atoms with van der Waals surface area (Å²) in [5, 5.41) is 11.4. The molecule has 0 saturated carbocycles. The average molecular weight is 412 g/mol. The van der Waals surface area contributed by atoms with E-state index in [1.54, 1.807) is 30.3 Å². The number of nitro groups is 1. The summed E-state index contributed by atoms with van der Waals surface area (Å²) in [6, 6.07) is 12.3. The van der Waals surface area contributed by atoms with Gasteiger partial charge >= 0.3 is 5.97 Å². The molecule has 2 N–H and O–H groups in total. The number of carbonyl (C=O) groups excluding carboxylic acids is 3. The van der Waals surface area contributed by atoms with Crippen molar-refractivity contribution < 1.29 is 24.0 Å². The van der Waals surface area contributed by atoms with Crippen molar-refractivity contribution in [2.24, 2.45) is 0 Å². The first kappa shape index (κ1) is 20.8. The molecule has 0 unspecified atom stereocenters. The van der Waals surface area contributed by atoms with Gasteiger partial charge in [0.25, 0.3) is 17.5 Å². The molecule has 10 nitrogen and oxygen atoms in total. The van der Waals surface area contributed by atoms with Gasteiger partial charge in [-0.05, 0) is 37.1 Å². The molecule has 1 aliphatic rings. The minimum absolute atomic E-state index is 0.0363. The Morgan fingerprint density at radius 3 is 2.37 bits per heavy atom. The van der Waals surface area contributed by atoms with Crippen molar-refractivity contribution in [2.45, 2.75) is 12.8 Å². The molecule has 1 aliphatic heterocycles. The van der Waals surface area contributed by atoms with Gasteiger partial charge in [0.15, 0.2) is 6.61 Å². The highest BCUT2D eigenvalue weighted by atomic mass is 16.6. The fraction of sp³-hybridized carbons (Fsp3) is 0.250. The van der Waals surface area contributed by atoms with Crippen LogP contribution in [0.1, 0.15) is 33.6 Å². The van der Waals surface area contributed by atoms with Gasteiger partial charge in [-0.15, -0.1) is 0 Å². The fourth-order valence-electron chi connectivity index (χ4n) is 3.06. The van der Waals surface area contributed by atoms with Gasteiger partial charge in [0.1, 0.15) is 5.69 Å². The molecule has 1 saturated heterocycles. The molecule has 2 aromatic carbocycles. The molecule has 3 rings (SSSR count). The van der Waals surface area contributed by atoms with Crippen LogP contribution >= 0.6 is 0 Å². The molecule has 0 atom stereocenters. The Kier molecular flexibility index (Phi) is 6.58. The van der Waals surface area contributed by atoms with E-state index in [4.69, 9.17) is 4.74 Å². The van der Waals surface area contributed by atoms with E-state index in [9.17, 15) is 24.5 Å². The van der Waals surface area contributed by atoms with Crippen LogP contribution < -0.4 is 15.8 Å². The summed E-state index contributed by atoms with van der Waals surface area (Å²) in [4.78, 5) is 48.6. The van der Waals surface area contributed by atoms with Crippen molar-refractivity contribution in [3.8, 4) is 0 Å². The van der Waals surface area contributed by atoms with Gasteiger partial charge in [-0.2, -0.15) is 0 Å². The lowest BCUT2D eigenvalue weighted by molar-refractivity contribution is -0.384. The Labute approximate surface area is 171 Å². The molecule has 0 aliphatic carbocycles. The number of hydrogen-bond donors (Lipinski definition) is 2. The van der Waals surface area contributed by atoms with Crippen molar-refractivity contribution in [3.05, 3.63) is 69.8 Å². The highest BCUT2D eigenvalue weighted by Gasteiger charge is 2.24. The second-order valence-electron chi connectivity index (χ2n) is 6.60. The van der Waals surface area contributed by atoms with E-state index in [-0.39, 0.29) is 11.3 Å². The lowest BCUT2D eigenvalue weighted by atomic mass is 10.1. The largest absolute Gasteiger partial charge is 0.452 e. The minimum atomic E-state index is -0.879. The first-order valence-electron chi connectivity index (χ1n) is 9.30. The van der Waals surface area contributed by atoms with Crippen LogP contribution in [0.15, 0.2) is 48.5 Å². The third kappa shape index (κ3) is 5.10. The number of amides is 2. The number of benzene rings is 2. The van der Waals surface area contributed by atoms with E-state index in [2.05, 4.69) is 10.9 Å². The predicted octanol–water partition coefficient (Wildman–Crippen LogP) is 1.81. The zero-order valence-electron chi connectivity index (χ0n) is 16.0. The highest BCUT2D eigenvalue weighted by molar-refractivity contribution is 5.96. The standard InChI is InChI=1S/C20H20N4O6/c25-18(21-22-19(26)14-6-2-1-3-7-14)13-30-20(27)15-8-9-16(17(12-15)24(28)29)23-10-4-5-11-23/h1-3,6-9,12H,4-5,10-11,13H2,(H,21,25)(H,22,26). The van der Waals surface area contributed by atoms with Gasteiger partial charge < -0.3 is 9.64 Å². The Hall–Kier alpha value is -3.95. The van der Waals surface area contributed by atoms with E-state index < -0.39 is 29.3 Å². The lowest BCUT2D eigenvalue weighted by Gasteiger charge is -2.17. The van der Waals surface area contributed by atoms with Crippen LogP contribution in [-0.4, -0.2) is 42.4 Å². The van der Waals surface area contributed by atoms with Crippen LogP contribution in [0, 0.1) is 10.1 Å². The summed E-state index contributed by atoms with van der Waals surface area (Å²) >= 11 is 0. The third-order valence-corrected chi connectivity index (χ3v) is 4.54. The number of ether oxygens (including phenoxy) is 1. The Bertz CT molecular complexity index is 957. The Balaban J connectivity index is 1.55. The van der Waals surface area contributed by atoms with Crippen molar-refractivity contribution >= 4 is 29.2 Å². The van der Waals surface area contributed by atoms with E-state index in [1.165, 1.54) is 12.1 Å². The zero-order valence-corrected chi connectivity index (χ0v) is 16.0. The lowest BCUT2D eigenvalue weighted by Crippen LogP contribution is -2.43. The summed E-state index contributed by atoms with van der Waals surface area (Å²) in [5.41, 5.74) is 4.91. The van der Waals surface area contributed by atoms with Gasteiger partial charge in [0.2, 0.25) is 0 Å². The number of anilines is 1. The molecule has 2 amide bonds. The van der Waals surface area contributed by atoms with Crippen LogP contribution in [0.4, 0.5) is 11.4 Å². The number of hydrazine groups is 1. The maximum Gasteiger partial charge on any atom is 0.338 e.